The predicted octanol–water partition coefficient (Wildman–Crippen LogP) is 4.47. The molecule has 1 aliphatic rings. The molecule has 1 amide bonds. The van der Waals surface area contributed by atoms with Crippen LogP contribution in [0.5, 0.6) is 0 Å². The highest BCUT2D eigenvalue weighted by molar-refractivity contribution is 7.91. The van der Waals surface area contributed by atoms with Gasteiger partial charge >= 0.3 is 0 Å². The number of sulfone groups is 1. The molecule has 0 unspecified atom stereocenters. The predicted molar refractivity (Wildman–Crippen MR) is 126 cm³/mol. The number of nitrogens with one attached hydrogen (secondary N) is 1. The summed E-state index contributed by atoms with van der Waals surface area (Å²) in [6, 6.07) is 10.6. The van der Waals surface area contributed by atoms with Crippen LogP contribution in [0.3, 0.4) is 0 Å². The summed E-state index contributed by atoms with van der Waals surface area (Å²) in [6.07, 6.45) is 6.74. The van der Waals surface area contributed by atoms with Crippen molar-refractivity contribution in [2.24, 2.45) is 5.92 Å². The topological polar surface area (TPSA) is 102 Å². The van der Waals surface area contributed by atoms with E-state index in [2.05, 4.69) is 22.2 Å². The number of aryl methyl sites for hydroxylation is 1. The minimum atomic E-state index is -3.28. The summed E-state index contributed by atoms with van der Waals surface area (Å²) < 4.78 is 31.6. The van der Waals surface area contributed by atoms with Crippen LogP contribution in [0.4, 0.5) is 0 Å². The minimum absolute atomic E-state index is 0.101. The largest absolute Gasteiger partial charge is 0.441 e. The first-order valence-electron chi connectivity index (χ1n) is 11.3. The molecule has 0 radical (unpaired) electrons. The van der Waals surface area contributed by atoms with Gasteiger partial charge in [-0.25, -0.2) is 13.4 Å². The minimum Gasteiger partial charge on any atom is -0.441 e. The Balaban J connectivity index is 1.41. The van der Waals surface area contributed by atoms with Crippen LogP contribution in [0.15, 0.2) is 53.2 Å². The van der Waals surface area contributed by atoms with Crippen LogP contribution in [0.1, 0.15) is 60.0 Å². The summed E-state index contributed by atoms with van der Waals surface area (Å²) in [5, 5.41) is 2.57. The van der Waals surface area contributed by atoms with Crippen molar-refractivity contribution in [3.8, 4) is 11.5 Å². The molecule has 0 aliphatic heterocycles. The first-order chi connectivity index (χ1) is 15.8. The summed E-state index contributed by atoms with van der Waals surface area (Å²) in [5.74, 6) is 1.17. The molecule has 1 fully saturated rings. The van der Waals surface area contributed by atoms with Crippen molar-refractivity contribution < 1.29 is 17.6 Å². The number of aromatic nitrogens is 2. The molecule has 2 aromatic heterocycles. The zero-order valence-electron chi connectivity index (χ0n) is 19.0. The van der Waals surface area contributed by atoms with E-state index in [0.29, 0.717) is 40.9 Å². The van der Waals surface area contributed by atoms with Crippen LogP contribution in [-0.4, -0.2) is 29.5 Å². The molecular weight excluding hydrogens is 438 g/mol. The van der Waals surface area contributed by atoms with Crippen LogP contribution >= 0.6 is 0 Å². The third-order valence-electron chi connectivity index (χ3n) is 6.27. The van der Waals surface area contributed by atoms with Crippen molar-refractivity contribution in [1.82, 2.24) is 15.3 Å². The summed E-state index contributed by atoms with van der Waals surface area (Å²) in [4.78, 5) is 20.9. The standard InChI is InChI=1S/C25H29N3O4S/c1-17-5-11-22(12-6-17)33(30,31)16-23-18(2)32-25(28-23)21-9-7-20(8-10-21)24(29)27-15-19-4-3-13-26-14-19/h3-4,7-10,13-14,17,22H,5-6,11-12,15-16H2,1-2H3,(H,27,29). The van der Waals surface area contributed by atoms with Gasteiger partial charge in [-0.3, -0.25) is 9.78 Å². The number of rotatable bonds is 7. The molecule has 7 nitrogen and oxygen atoms in total. The van der Waals surface area contributed by atoms with Gasteiger partial charge in [0.1, 0.15) is 5.76 Å². The maximum absolute atomic E-state index is 12.9. The fraction of sp³-hybridized carbons (Fsp3) is 0.400. The molecule has 174 valence electrons. The number of pyridine rings is 1. The lowest BCUT2D eigenvalue weighted by Crippen LogP contribution is -2.27. The highest BCUT2D eigenvalue weighted by Gasteiger charge is 2.31. The summed E-state index contributed by atoms with van der Waals surface area (Å²) in [7, 11) is -3.28. The molecule has 0 spiro atoms. The fourth-order valence-electron chi connectivity index (χ4n) is 4.13. The Hall–Kier alpha value is -3.00. The second kappa shape index (κ2) is 9.87. The zero-order valence-corrected chi connectivity index (χ0v) is 19.8. The number of amides is 1. The van der Waals surface area contributed by atoms with Crippen LogP contribution < -0.4 is 5.32 Å². The smallest absolute Gasteiger partial charge is 0.251 e. The Morgan fingerprint density at radius 1 is 1.12 bits per heavy atom. The van der Waals surface area contributed by atoms with Gasteiger partial charge in [-0.1, -0.05) is 13.0 Å². The highest BCUT2D eigenvalue weighted by Crippen LogP contribution is 2.31. The first kappa shape index (κ1) is 23.2. The first-order valence-corrected chi connectivity index (χ1v) is 13.0. The number of nitrogens with zero attached hydrogens (tertiary/aromatic N) is 2. The maximum atomic E-state index is 12.9. The average Bonchev–Trinajstić information content (AvgIpc) is 3.18. The van der Waals surface area contributed by atoms with Crippen molar-refractivity contribution in [2.75, 3.05) is 0 Å². The molecule has 1 aliphatic carbocycles. The monoisotopic (exact) mass is 467 g/mol. The second-order valence-corrected chi connectivity index (χ2v) is 11.1. The van der Waals surface area contributed by atoms with Crippen LogP contribution in [0, 0.1) is 12.8 Å². The van der Waals surface area contributed by atoms with E-state index in [1.807, 2.05) is 12.1 Å². The molecule has 1 N–H and O–H groups in total. The molecule has 4 rings (SSSR count). The van der Waals surface area contributed by atoms with E-state index in [0.717, 1.165) is 31.2 Å². The van der Waals surface area contributed by atoms with Crippen LogP contribution in [0.25, 0.3) is 11.5 Å². The molecular formula is C25H29N3O4S. The van der Waals surface area contributed by atoms with Gasteiger partial charge in [-0.15, -0.1) is 0 Å². The summed E-state index contributed by atoms with van der Waals surface area (Å²) in [6.45, 7) is 4.31. The van der Waals surface area contributed by atoms with E-state index < -0.39 is 9.84 Å². The molecule has 0 atom stereocenters. The SMILES string of the molecule is Cc1oc(-c2ccc(C(=O)NCc3cccnc3)cc2)nc1CS(=O)(=O)C1CCC(C)CC1. The average molecular weight is 468 g/mol. The van der Waals surface area contributed by atoms with Crippen molar-refractivity contribution in [1.29, 1.82) is 0 Å². The Bertz CT molecular complexity index is 1200. The molecule has 1 aromatic carbocycles. The molecule has 3 aromatic rings. The normalized spacial score (nSPS) is 18.7. The maximum Gasteiger partial charge on any atom is 0.251 e. The van der Waals surface area contributed by atoms with Crippen LogP contribution in [-0.2, 0) is 22.1 Å². The summed E-state index contributed by atoms with van der Waals surface area (Å²) in [5.41, 5.74) is 2.59. The van der Waals surface area contributed by atoms with E-state index in [-0.39, 0.29) is 16.9 Å². The van der Waals surface area contributed by atoms with Gasteiger partial charge in [0.2, 0.25) is 5.89 Å². The molecule has 33 heavy (non-hydrogen) atoms. The van der Waals surface area contributed by atoms with Gasteiger partial charge in [0, 0.05) is 30.1 Å². The van der Waals surface area contributed by atoms with Crippen molar-refractivity contribution >= 4 is 15.7 Å². The second-order valence-electron chi connectivity index (χ2n) is 8.83. The molecule has 8 heteroatoms. The van der Waals surface area contributed by atoms with Crippen molar-refractivity contribution in [3.05, 3.63) is 71.4 Å². The number of carbonyl (C=O) groups excluding carboxylic acids is 1. The van der Waals surface area contributed by atoms with Gasteiger partial charge < -0.3 is 9.73 Å². The number of benzene rings is 1. The third kappa shape index (κ3) is 5.68. The highest BCUT2D eigenvalue weighted by atomic mass is 32.2. The lowest BCUT2D eigenvalue weighted by Gasteiger charge is -2.25. The lowest BCUT2D eigenvalue weighted by atomic mass is 9.91. The van der Waals surface area contributed by atoms with E-state index in [1.165, 1.54) is 0 Å². The Morgan fingerprint density at radius 3 is 2.52 bits per heavy atom. The number of oxazole rings is 1. The summed E-state index contributed by atoms with van der Waals surface area (Å²) >= 11 is 0. The fourth-order valence-corrected chi connectivity index (χ4v) is 6.01. The van der Waals surface area contributed by atoms with Gasteiger partial charge in [0.15, 0.2) is 9.84 Å². The van der Waals surface area contributed by atoms with Crippen molar-refractivity contribution in [2.45, 2.75) is 57.1 Å². The zero-order chi connectivity index (χ0) is 23.4. The number of hydrogen-bond donors (Lipinski definition) is 1. The van der Waals surface area contributed by atoms with Gasteiger partial charge in [-0.2, -0.15) is 0 Å². The van der Waals surface area contributed by atoms with E-state index in [4.69, 9.17) is 4.42 Å². The lowest BCUT2D eigenvalue weighted by molar-refractivity contribution is 0.0951. The third-order valence-corrected chi connectivity index (χ3v) is 8.43. The van der Waals surface area contributed by atoms with Gasteiger partial charge in [0.05, 0.1) is 16.7 Å². The molecule has 1 saturated carbocycles. The van der Waals surface area contributed by atoms with Crippen molar-refractivity contribution in [3.63, 3.8) is 0 Å². The van der Waals surface area contributed by atoms with E-state index >= 15 is 0 Å². The number of carbonyl (C=O) groups is 1. The molecule has 0 saturated heterocycles. The van der Waals surface area contributed by atoms with Crippen LogP contribution in [0.2, 0.25) is 0 Å². The Kier molecular flexibility index (Phi) is 6.93. The van der Waals surface area contributed by atoms with E-state index in [9.17, 15) is 13.2 Å². The number of hydrogen-bond acceptors (Lipinski definition) is 6. The quantitative estimate of drug-likeness (QED) is 0.550. The van der Waals surface area contributed by atoms with Gasteiger partial charge in [-0.05, 0) is 74.4 Å². The van der Waals surface area contributed by atoms with E-state index in [1.54, 1.807) is 43.6 Å². The van der Waals surface area contributed by atoms with Gasteiger partial charge in [0.25, 0.3) is 5.91 Å². The molecule has 2 heterocycles. The Morgan fingerprint density at radius 2 is 1.85 bits per heavy atom. The Labute approximate surface area is 194 Å². The molecule has 0 bridgehead atoms.